The van der Waals surface area contributed by atoms with Crippen molar-refractivity contribution in [3.63, 3.8) is 0 Å². The van der Waals surface area contributed by atoms with Crippen molar-refractivity contribution in [2.75, 3.05) is 13.2 Å². The van der Waals surface area contributed by atoms with Crippen LogP contribution in [0.3, 0.4) is 0 Å². The molecule has 1 aromatic carbocycles. The average molecular weight is 207 g/mol. The van der Waals surface area contributed by atoms with Crippen LogP contribution >= 0.6 is 0 Å². The van der Waals surface area contributed by atoms with Crippen molar-refractivity contribution >= 4 is 0 Å². The van der Waals surface area contributed by atoms with Gasteiger partial charge in [0.05, 0.1) is 6.61 Å². The SMILES string of the molecule is CC.CCc1ccc(C2NCCO2)cc1. The van der Waals surface area contributed by atoms with Gasteiger partial charge in [0.25, 0.3) is 0 Å². The molecule has 2 heteroatoms. The smallest absolute Gasteiger partial charge is 0.134 e. The highest BCUT2D eigenvalue weighted by Crippen LogP contribution is 2.18. The first-order valence-electron chi connectivity index (χ1n) is 5.84. The van der Waals surface area contributed by atoms with Gasteiger partial charge >= 0.3 is 0 Å². The Morgan fingerprint density at radius 3 is 2.40 bits per heavy atom. The van der Waals surface area contributed by atoms with Crippen LogP contribution in [-0.2, 0) is 11.2 Å². The second kappa shape index (κ2) is 6.59. The van der Waals surface area contributed by atoms with Gasteiger partial charge in [-0.3, -0.25) is 5.32 Å². The maximum atomic E-state index is 5.50. The first-order chi connectivity index (χ1) is 7.40. The molecule has 0 amide bonds. The number of hydrogen-bond donors (Lipinski definition) is 1. The van der Waals surface area contributed by atoms with Gasteiger partial charge in [-0.2, -0.15) is 0 Å². The highest BCUT2D eigenvalue weighted by molar-refractivity contribution is 5.24. The molecule has 0 saturated carbocycles. The van der Waals surface area contributed by atoms with Crippen molar-refractivity contribution in [2.45, 2.75) is 33.4 Å². The summed E-state index contributed by atoms with van der Waals surface area (Å²) in [7, 11) is 0. The van der Waals surface area contributed by atoms with Gasteiger partial charge in [-0.1, -0.05) is 45.0 Å². The summed E-state index contributed by atoms with van der Waals surface area (Å²) in [6.07, 6.45) is 1.21. The quantitative estimate of drug-likeness (QED) is 0.805. The molecular formula is C13H21NO. The molecule has 1 saturated heterocycles. The van der Waals surface area contributed by atoms with Crippen molar-refractivity contribution < 1.29 is 4.74 Å². The van der Waals surface area contributed by atoms with E-state index in [-0.39, 0.29) is 6.23 Å². The Morgan fingerprint density at radius 1 is 1.27 bits per heavy atom. The molecule has 0 aliphatic carbocycles. The minimum Gasteiger partial charge on any atom is -0.358 e. The number of hydrogen-bond acceptors (Lipinski definition) is 2. The van der Waals surface area contributed by atoms with Gasteiger partial charge in [0.2, 0.25) is 0 Å². The molecule has 0 spiro atoms. The van der Waals surface area contributed by atoms with Crippen molar-refractivity contribution in [1.82, 2.24) is 5.32 Å². The van der Waals surface area contributed by atoms with Crippen LogP contribution in [0.25, 0.3) is 0 Å². The summed E-state index contributed by atoms with van der Waals surface area (Å²) >= 11 is 0. The molecule has 1 aliphatic heterocycles. The van der Waals surface area contributed by atoms with E-state index in [9.17, 15) is 0 Å². The third-order valence-corrected chi connectivity index (χ3v) is 2.41. The fraction of sp³-hybridized carbons (Fsp3) is 0.538. The zero-order valence-electron chi connectivity index (χ0n) is 9.92. The molecule has 84 valence electrons. The van der Waals surface area contributed by atoms with Gasteiger partial charge in [-0.05, 0) is 17.5 Å². The van der Waals surface area contributed by atoms with Crippen LogP contribution in [0.1, 0.15) is 38.1 Å². The second-order valence-electron chi connectivity index (χ2n) is 3.30. The molecule has 2 rings (SSSR count). The molecule has 0 radical (unpaired) electrons. The Labute approximate surface area is 92.6 Å². The van der Waals surface area contributed by atoms with Crippen LogP contribution in [-0.4, -0.2) is 13.2 Å². The highest BCUT2D eigenvalue weighted by atomic mass is 16.5. The predicted molar refractivity (Wildman–Crippen MR) is 63.9 cm³/mol. The number of benzene rings is 1. The third-order valence-electron chi connectivity index (χ3n) is 2.41. The second-order valence-corrected chi connectivity index (χ2v) is 3.30. The van der Waals surface area contributed by atoms with Gasteiger partial charge in [0, 0.05) is 6.54 Å². The lowest BCUT2D eigenvalue weighted by molar-refractivity contribution is 0.102. The van der Waals surface area contributed by atoms with Gasteiger partial charge in [-0.15, -0.1) is 0 Å². The summed E-state index contributed by atoms with van der Waals surface area (Å²) < 4.78 is 5.50. The van der Waals surface area contributed by atoms with E-state index < -0.39 is 0 Å². The van der Waals surface area contributed by atoms with Crippen LogP contribution < -0.4 is 5.32 Å². The molecule has 1 fully saturated rings. The summed E-state index contributed by atoms with van der Waals surface area (Å²) in [5.41, 5.74) is 2.61. The number of nitrogens with one attached hydrogen (secondary N) is 1. The summed E-state index contributed by atoms with van der Waals surface area (Å²) in [4.78, 5) is 0. The van der Waals surface area contributed by atoms with Crippen LogP contribution in [0.15, 0.2) is 24.3 Å². The molecule has 1 heterocycles. The van der Waals surface area contributed by atoms with E-state index in [0.717, 1.165) is 19.6 Å². The fourth-order valence-corrected chi connectivity index (χ4v) is 1.57. The Kier molecular flexibility index (Phi) is 5.37. The largest absolute Gasteiger partial charge is 0.358 e. The normalized spacial score (nSPS) is 19.5. The van der Waals surface area contributed by atoms with Crippen molar-refractivity contribution in [3.8, 4) is 0 Å². The van der Waals surface area contributed by atoms with E-state index in [4.69, 9.17) is 4.74 Å². The Hall–Kier alpha value is -0.860. The number of ether oxygens (including phenoxy) is 1. The zero-order chi connectivity index (χ0) is 11.1. The molecule has 15 heavy (non-hydrogen) atoms. The first-order valence-corrected chi connectivity index (χ1v) is 5.84. The Morgan fingerprint density at radius 2 is 1.93 bits per heavy atom. The van der Waals surface area contributed by atoms with E-state index in [1.165, 1.54) is 11.1 Å². The molecule has 0 aromatic heterocycles. The maximum absolute atomic E-state index is 5.50. The molecule has 1 aliphatic rings. The van der Waals surface area contributed by atoms with Crippen LogP contribution in [0, 0.1) is 0 Å². The van der Waals surface area contributed by atoms with E-state index in [0.29, 0.717) is 0 Å². The van der Waals surface area contributed by atoms with E-state index in [1.807, 2.05) is 13.8 Å². The van der Waals surface area contributed by atoms with Crippen LogP contribution in [0.2, 0.25) is 0 Å². The minimum absolute atomic E-state index is 0.117. The summed E-state index contributed by atoms with van der Waals surface area (Å²) in [5, 5.41) is 3.29. The van der Waals surface area contributed by atoms with Crippen LogP contribution in [0.4, 0.5) is 0 Å². The summed E-state index contributed by atoms with van der Waals surface area (Å²) in [6, 6.07) is 8.61. The van der Waals surface area contributed by atoms with Crippen LogP contribution in [0.5, 0.6) is 0 Å². The number of rotatable bonds is 2. The zero-order valence-corrected chi connectivity index (χ0v) is 9.92. The van der Waals surface area contributed by atoms with Gasteiger partial charge in [-0.25, -0.2) is 0 Å². The molecule has 1 atom stereocenters. The average Bonchev–Trinajstić information content (AvgIpc) is 2.85. The standard InChI is InChI=1S/C11H15NO.C2H6/c1-2-9-3-5-10(6-4-9)11-12-7-8-13-11;1-2/h3-6,11-12H,2,7-8H2,1H3;1-2H3. The maximum Gasteiger partial charge on any atom is 0.134 e. The third kappa shape index (κ3) is 3.33. The molecule has 0 bridgehead atoms. The van der Waals surface area contributed by atoms with Crippen molar-refractivity contribution in [2.24, 2.45) is 0 Å². The summed E-state index contributed by atoms with van der Waals surface area (Å²) in [5.74, 6) is 0. The molecule has 1 N–H and O–H groups in total. The Bertz CT molecular complexity index is 262. The molecule has 1 unspecified atom stereocenters. The predicted octanol–water partition coefficient (Wildman–Crippen LogP) is 2.89. The summed E-state index contributed by atoms with van der Waals surface area (Å²) in [6.45, 7) is 7.94. The van der Waals surface area contributed by atoms with E-state index in [2.05, 4.69) is 36.5 Å². The topological polar surface area (TPSA) is 21.3 Å². The number of aryl methyl sites for hydroxylation is 1. The molecule has 1 aromatic rings. The first kappa shape index (κ1) is 12.2. The van der Waals surface area contributed by atoms with E-state index in [1.54, 1.807) is 0 Å². The van der Waals surface area contributed by atoms with Crippen molar-refractivity contribution in [3.05, 3.63) is 35.4 Å². The van der Waals surface area contributed by atoms with Gasteiger partial charge in [0.15, 0.2) is 0 Å². The fourth-order valence-electron chi connectivity index (χ4n) is 1.57. The molecular weight excluding hydrogens is 186 g/mol. The lowest BCUT2D eigenvalue weighted by Crippen LogP contribution is -2.13. The van der Waals surface area contributed by atoms with E-state index >= 15 is 0 Å². The molecule has 2 nitrogen and oxygen atoms in total. The highest BCUT2D eigenvalue weighted by Gasteiger charge is 2.15. The minimum atomic E-state index is 0.117. The monoisotopic (exact) mass is 207 g/mol. The lowest BCUT2D eigenvalue weighted by Gasteiger charge is -2.10. The van der Waals surface area contributed by atoms with Crippen molar-refractivity contribution in [1.29, 1.82) is 0 Å². The van der Waals surface area contributed by atoms with Gasteiger partial charge < -0.3 is 4.74 Å². The van der Waals surface area contributed by atoms with Gasteiger partial charge in [0.1, 0.15) is 6.23 Å². The Balaban J connectivity index is 0.000000531. The lowest BCUT2D eigenvalue weighted by atomic mass is 10.1.